The summed E-state index contributed by atoms with van der Waals surface area (Å²) in [6.45, 7) is -0.399. The van der Waals surface area contributed by atoms with E-state index in [0.29, 0.717) is 22.5 Å². The van der Waals surface area contributed by atoms with Gasteiger partial charge in [0.15, 0.2) is 18.3 Å². The molecule has 0 saturated carbocycles. The fourth-order valence-corrected chi connectivity index (χ4v) is 2.33. The third-order valence-electron chi connectivity index (χ3n) is 3.51. The van der Waals surface area contributed by atoms with Crippen molar-refractivity contribution >= 4 is 29.3 Å². The number of benzene rings is 1. The smallest absolute Gasteiger partial charge is 0.306 e. The van der Waals surface area contributed by atoms with Crippen molar-refractivity contribution in [1.29, 1.82) is 0 Å². The van der Waals surface area contributed by atoms with E-state index < -0.39 is 18.5 Å². The van der Waals surface area contributed by atoms with Gasteiger partial charge in [0, 0.05) is 18.2 Å². The SMILES string of the molecule is O=C(COC(=O)CCc1ncc(-c2ccccc2)o1)Nc1ccc(Cl)cn1. The van der Waals surface area contributed by atoms with Crippen LogP contribution in [-0.4, -0.2) is 28.5 Å². The Bertz CT molecular complexity index is 910. The predicted molar refractivity (Wildman–Crippen MR) is 99.1 cm³/mol. The first-order chi connectivity index (χ1) is 13.1. The number of rotatable bonds is 7. The minimum absolute atomic E-state index is 0.0568. The van der Waals surface area contributed by atoms with Gasteiger partial charge in [0.25, 0.3) is 5.91 Å². The lowest BCUT2D eigenvalue weighted by atomic mass is 10.2. The van der Waals surface area contributed by atoms with Crippen LogP contribution in [0.5, 0.6) is 0 Å². The summed E-state index contributed by atoms with van der Waals surface area (Å²) in [5.41, 5.74) is 0.909. The Morgan fingerprint density at radius 3 is 2.63 bits per heavy atom. The molecule has 0 radical (unpaired) electrons. The largest absolute Gasteiger partial charge is 0.456 e. The molecule has 0 aliphatic heterocycles. The molecule has 3 aromatic rings. The number of nitrogens with zero attached hydrogens (tertiary/aromatic N) is 2. The molecule has 0 aliphatic carbocycles. The van der Waals surface area contributed by atoms with E-state index in [2.05, 4.69) is 15.3 Å². The minimum atomic E-state index is -0.520. The summed E-state index contributed by atoms with van der Waals surface area (Å²) < 4.78 is 10.6. The number of amides is 1. The third-order valence-corrected chi connectivity index (χ3v) is 3.74. The Kier molecular flexibility index (Phi) is 6.17. The van der Waals surface area contributed by atoms with Crippen molar-refractivity contribution < 1.29 is 18.7 Å². The number of hydrogen-bond donors (Lipinski definition) is 1. The molecule has 3 rings (SSSR count). The molecular weight excluding hydrogens is 370 g/mol. The van der Waals surface area contributed by atoms with Crippen molar-refractivity contribution in [2.75, 3.05) is 11.9 Å². The van der Waals surface area contributed by atoms with Crippen LogP contribution in [0.15, 0.2) is 59.3 Å². The number of halogens is 1. The fourth-order valence-electron chi connectivity index (χ4n) is 2.22. The van der Waals surface area contributed by atoms with E-state index in [9.17, 15) is 9.59 Å². The molecule has 0 unspecified atom stereocenters. The normalized spacial score (nSPS) is 10.4. The molecular formula is C19H16ClN3O4. The third kappa shape index (κ3) is 5.65. The van der Waals surface area contributed by atoms with Gasteiger partial charge in [0.05, 0.1) is 17.6 Å². The molecule has 0 aliphatic rings. The Labute approximate surface area is 160 Å². The zero-order chi connectivity index (χ0) is 19.1. The molecule has 0 spiro atoms. The lowest BCUT2D eigenvalue weighted by Gasteiger charge is -2.05. The average Bonchev–Trinajstić information content (AvgIpc) is 3.16. The van der Waals surface area contributed by atoms with Crippen LogP contribution in [0, 0.1) is 0 Å². The number of aryl methyl sites for hydroxylation is 1. The van der Waals surface area contributed by atoms with E-state index in [0.717, 1.165) is 5.56 Å². The average molecular weight is 386 g/mol. The molecule has 8 heteroatoms. The van der Waals surface area contributed by atoms with E-state index >= 15 is 0 Å². The van der Waals surface area contributed by atoms with Gasteiger partial charge in [-0.2, -0.15) is 0 Å². The standard InChI is InChI=1S/C19H16ClN3O4/c20-14-6-7-16(21-10-14)23-17(24)12-26-19(25)9-8-18-22-11-15(27-18)13-4-2-1-3-5-13/h1-7,10-11H,8-9,12H2,(H,21,23,24). The van der Waals surface area contributed by atoms with Crippen LogP contribution in [0.3, 0.4) is 0 Å². The van der Waals surface area contributed by atoms with Crippen molar-refractivity contribution in [3.63, 3.8) is 0 Å². The molecule has 1 N–H and O–H groups in total. The van der Waals surface area contributed by atoms with Gasteiger partial charge >= 0.3 is 5.97 Å². The van der Waals surface area contributed by atoms with E-state index in [1.807, 2.05) is 30.3 Å². The highest BCUT2D eigenvalue weighted by Crippen LogP contribution is 2.20. The quantitative estimate of drug-likeness (QED) is 0.625. The van der Waals surface area contributed by atoms with Gasteiger partial charge in [-0.1, -0.05) is 41.9 Å². The Balaban J connectivity index is 1.41. The first-order valence-electron chi connectivity index (χ1n) is 8.17. The Morgan fingerprint density at radius 2 is 1.89 bits per heavy atom. The molecule has 138 valence electrons. The lowest BCUT2D eigenvalue weighted by molar-refractivity contribution is -0.147. The number of pyridine rings is 1. The molecule has 0 saturated heterocycles. The second kappa shape index (κ2) is 8.95. The highest BCUT2D eigenvalue weighted by atomic mass is 35.5. The number of oxazole rings is 1. The first-order valence-corrected chi connectivity index (χ1v) is 8.55. The van der Waals surface area contributed by atoms with Crippen LogP contribution in [0.1, 0.15) is 12.3 Å². The van der Waals surface area contributed by atoms with E-state index in [1.54, 1.807) is 18.3 Å². The van der Waals surface area contributed by atoms with E-state index in [-0.39, 0.29) is 12.8 Å². The molecule has 0 fully saturated rings. The van der Waals surface area contributed by atoms with Crippen LogP contribution in [-0.2, 0) is 20.7 Å². The van der Waals surface area contributed by atoms with Crippen LogP contribution < -0.4 is 5.32 Å². The summed E-state index contributed by atoms with van der Waals surface area (Å²) in [4.78, 5) is 31.6. The van der Waals surface area contributed by atoms with Gasteiger partial charge in [0.2, 0.25) is 0 Å². The monoisotopic (exact) mass is 385 g/mol. The van der Waals surface area contributed by atoms with Gasteiger partial charge in [0.1, 0.15) is 5.82 Å². The second-order valence-electron chi connectivity index (χ2n) is 5.55. The Hall–Kier alpha value is -3.19. The summed E-state index contributed by atoms with van der Waals surface area (Å²) in [6, 6.07) is 12.7. The van der Waals surface area contributed by atoms with Gasteiger partial charge < -0.3 is 14.5 Å². The van der Waals surface area contributed by atoms with Crippen molar-refractivity contribution in [1.82, 2.24) is 9.97 Å². The number of hydrogen-bond acceptors (Lipinski definition) is 6. The van der Waals surface area contributed by atoms with Crippen molar-refractivity contribution in [3.8, 4) is 11.3 Å². The number of esters is 1. The summed E-state index contributed by atoms with van der Waals surface area (Å²) in [5, 5.41) is 2.96. The molecule has 1 aromatic carbocycles. The van der Waals surface area contributed by atoms with Gasteiger partial charge in [-0.3, -0.25) is 9.59 Å². The predicted octanol–water partition coefficient (Wildman–Crippen LogP) is 3.50. The summed E-state index contributed by atoms with van der Waals surface area (Å²) in [6.07, 6.45) is 3.36. The number of carbonyl (C=O) groups excluding carboxylic acids is 2. The molecule has 27 heavy (non-hydrogen) atoms. The van der Waals surface area contributed by atoms with Crippen molar-refractivity contribution in [2.24, 2.45) is 0 Å². The molecule has 0 atom stereocenters. The van der Waals surface area contributed by atoms with Gasteiger partial charge in [-0.05, 0) is 12.1 Å². The van der Waals surface area contributed by atoms with Crippen molar-refractivity contribution in [3.05, 3.63) is 65.8 Å². The van der Waals surface area contributed by atoms with Crippen LogP contribution >= 0.6 is 11.6 Å². The Morgan fingerprint density at radius 1 is 1.07 bits per heavy atom. The number of anilines is 1. The molecule has 7 nitrogen and oxygen atoms in total. The van der Waals surface area contributed by atoms with Crippen LogP contribution in [0.2, 0.25) is 5.02 Å². The zero-order valence-corrected chi connectivity index (χ0v) is 15.0. The zero-order valence-electron chi connectivity index (χ0n) is 14.2. The topological polar surface area (TPSA) is 94.3 Å². The molecule has 1 amide bonds. The van der Waals surface area contributed by atoms with Gasteiger partial charge in [-0.25, -0.2) is 9.97 Å². The highest BCUT2D eigenvalue weighted by molar-refractivity contribution is 6.30. The maximum absolute atomic E-state index is 11.8. The summed E-state index contributed by atoms with van der Waals surface area (Å²) in [5.74, 6) is 0.387. The van der Waals surface area contributed by atoms with Crippen LogP contribution in [0.25, 0.3) is 11.3 Å². The summed E-state index contributed by atoms with van der Waals surface area (Å²) in [7, 11) is 0. The molecule has 2 aromatic heterocycles. The van der Waals surface area contributed by atoms with E-state index in [4.69, 9.17) is 20.8 Å². The van der Waals surface area contributed by atoms with E-state index in [1.165, 1.54) is 6.20 Å². The maximum atomic E-state index is 11.8. The molecule has 0 bridgehead atoms. The first kappa shape index (κ1) is 18.6. The number of ether oxygens (including phenoxy) is 1. The maximum Gasteiger partial charge on any atom is 0.306 e. The second-order valence-corrected chi connectivity index (χ2v) is 5.99. The molecule has 2 heterocycles. The van der Waals surface area contributed by atoms with Gasteiger partial charge in [-0.15, -0.1) is 0 Å². The number of aromatic nitrogens is 2. The highest BCUT2D eigenvalue weighted by Gasteiger charge is 2.12. The van der Waals surface area contributed by atoms with Crippen LogP contribution in [0.4, 0.5) is 5.82 Å². The number of carbonyl (C=O) groups is 2. The lowest BCUT2D eigenvalue weighted by Crippen LogP contribution is -2.21. The fraction of sp³-hybridized carbons (Fsp3) is 0.158. The summed E-state index contributed by atoms with van der Waals surface area (Å²) >= 11 is 5.72. The van der Waals surface area contributed by atoms with Crippen molar-refractivity contribution in [2.45, 2.75) is 12.8 Å². The minimum Gasteiger partial charge on any atom is -0.456 e. The number of nitrogens with one attached hydrogen (secondary N) is 1.